The number of likely N-dealkylation sites (tertiary alicyclic amines) is 1. The number of amides is 2. The molecule has 0 unspecified atom stereocenters. The Balaban J connectivity index is 1.44. The van der Waals surface area contributed by atoms with Gasteiger partial charge in [-0.05, 0) is 43.5 Å². The number of halogens is 1. The van der Waals surface area contributed by atoms with E-state index in [1.54, 1.807) is 13.2 Å². The Labute approximate surface area is 192 Å². The molecule has 2 fully saturated rings. The predicted octanol–water partition coefficient (Wildman–Crippen LogP) is 3.26. The van der Waals surface area contributed by atoms with E-state index in [-0.39, 0.29) is 23.8 Å². The molecule has 0 saturated carbocycles. The second-order valence-corrected chi connectivity index (χ2v) is 9.06. The lowest BCUT2D eigenvalue weighted by atomic mass is 9.93. The Hall–Kier alpha value is -2.87. The average molecular weight is 458 g/mol. The highest BCUT2D eigenvalue weighted by atomic mass is 35.5. The topological polar surface area (TPSA) is 89.9 Å². The van der Waals surface area contributed by atoms with Crippen molar-refractivity contribution < 1.29 is 14.7 Å². The minimum atomic E-state index is -0.991. The number of aryl methyl sites for hydroxylation is 1. The van der Waals surface area contributed by atoms with Crippen molar-refractivity contribution >= 4 is 29.5 Å². The van der Waals surface area contributed by atoms with Crippen molar-refractivity contribution in [1.82, 2.24) is 19.8 Å². The first kappa shape index (κ1) is 22.3. The largest absolute Gasteiger partial charge is 0.465 e. The van der Waals surface area contributed by atoms with E-state index in [2.05, 4.69) is 14.9 Å². The molecule has 8 nitrogen and oxygen atoms in total. The van der Waals surface area contributed by atoms with Crippen LogP contribution in [-0.4, -0.2) is 76.1 Å². The van der Waals surface area contributed by atoms with Crippen molar-refractivity contribution in [2.45, 2.75) is 31.7 Å². The number of carbonyl (C=O) groups is 2. The normalized spacial score (nSPS) is 21.6. The highest BCUT2D eigenvalue weighted by Crippen LogP contribution is 2.33. The fourth-order valence-corrected chi connectivity index (χ4v) is 4.84. The summed E-state index contributed by atoms with van der Waals surface area (Å²) in [6, 6.07) is 9.03. The molecule has 2 aliphatic heterocycles. The van der Waals surface area contributed by atoms with E-state index in [0.29, 0.717) is 24.1 Å². The summed E-state index contributed by atoms with van der Waals surface area (Å²) in [5.74, 6) is 0.659. The summed E-state index contributed by atoms with van der Waals surface area (Å²) in [6.45, 7) is 4.30. The standard InChI is InChI=1S/C23H28ClN5O3/c1-15-7-10-25-22(26-15)28-11-8-17(9-12-28)21(30)29-13-19(16-3-5-18(24)6-4-16)20(14-29)27(2)23(31)32/h3-7,10,17,19-20H,8-9,11-14H2,1-2H3,(H,31,32)/t19-,20+/m0/s1. The SMILES string of the molecule is Cc1ccnc(N2CCC(C(=O)N3C[C@@H](N(C)C(=O)O)[C@H](c4ccc(Cl)cc4)C3)CC2)n1. The number of hydrogen-bond donors (Lipinski definition) is 1. The summed E-state index contributed by atoms with van der Waals surface area (Å²) in [7, 11) is 1.57. The molecule has 9 heteroatoms. The van der Waals surface area contributed by atoms with Gasteiger partial charge in [0.2, 0.25) is 11.9 Å². The lowest BCUT2D eigenvalue weighted by Gasteiger charge is -2.33. The van der Waals surface area contributed by atoms with Crippen LogP contribution in [0.1, 0.15) is 30.0 Å². The zero-order valence-electron chi connectivity index (χ0n) is 18.3. The molecule has 0 spiro atoms. The molecule has 1 aromatic carbocycles. The van der Waals surface area contributed by atoms with Crippen molar-refractivity contribution in [3.63, 3.8) is 0 Å². The van der Waals surface area contributed by atoms with Crippen molar-refractivity contribution in [2.24, 2.45) is 5.92 Å². The van der Waals surface area contributed by atoms with Gasteiger partial charge in [-0.2, -0.15) is 0 Å². The Morgan fingerprint density at radius 1 is 1.12 bits per heavy atom. The fraction of sp³-hybridized carbons (Fsp3) is 0.478. The Bertz CT molecular complexity index is 978. The monoisotopic (exact) mass is 457 g/mol. The number of aromatic nitrogens is 2. The first-order valence-corrected chi connectivity index (χ1v) is 11.3. The number of hydrogen-bond acceptors (Lipinski definition) is 5. The molecule has 2 atom stereocenters. The first-order valence-electron chi connectivity index (χ1n) is 10.9. The number of nitrogens with zero attached hydrogens (tertiary/aromatic N) is 5. The van der Waals surface area contributed by atoms with E-state index in [4.69, 9.17) is 11.6 Å². The van der Waals surface area contributed by atoms with Crippen LogP contribution in [0.15, 0.2) is 36.5 Å². The zero-order chi connectivity index (χ0) is 22.8. The Morgan fingerprint density at radius 2 is 1.81 bits per heavy atom. The van der Waals surface area contributed by atoms with E-state index >= 15 is 0 Å². The number of piperidine rings is 1. The maximum Gasteiger partial charge on any atom is 0.407 e. The van der Waals surface area contributed by atoms with Gasteiger partial charge < -0.3 is 19.8 Å². The number of benzene rings is 1. The molecule has 2 aromatic rings. The lowest BCUT2D eigenvalue weighted by molar-refractivity contribution is -0.135. The third-order valence-electron chi connectivity index (χ3n) is 6.61. The summed E-state index contributed by atoms with van der Waals surface area (Å²) >= 11 is 6.03. The molecule has 170 valence electrons. The zero-order valence-corrected chi connectivity index (χ0v) is 19.1. The van der Waals surface area contributed by atoms with Crippen LogP contribution in [0.3, 0.4) is 0 Å². The van der Waals surface area contributed by atoms with Crippen LogP contribution < -0.4 is 4.90 Å². The summed E-state index contributed by atoms with van der Waals surface area (Å²) in [5, 5.41) is 10.2. The van der Waals surface area contributed by atoms with Crippen molar-refractivity contribution in [2.75, 3.05) is 38.1 Å². The van der Waals surface area contributed by atoms with Gasteiger partial charge in [0, 0.05) is 62.0 Å². The highest BCUT2D eigenvalue weighted by Gasteiger charge is 2.42. The smallest absolute Gasteiger partial charge is 0.407 e. The quantitative estimate of drug-likeness (QED) is 0.757. The van der Waals surface area contributed by atoms with E-state index in [1.165, 1.54) is 4.90 Å². The van der Waals surface area contributed by atoms with Crippen LogP contribution in [0.4, 0.5) is 10.7 Å². The molecule has 0 bridgehead atoms. The maximum atomic E-state index is 13.4. The highest BCUT2D eigenvalue weighted by molar-refractivity contribution is 6.30. The fourth-order valence-electron chi connectivity index (χ4n) is 4.71. The second-order valence-electron chi connectivity index (χ2n) is 8.62. The Morgan fingerprint density at radius 3 is 2.44 bits per heavy atom. The molecule has 32 heavy (non-hydrogen) atoms. The minimum absolute atomic E-state index is 0.0733. The van der Waals surface area contributed by atoms with E-state index < -0.39 is 6.09 Å². The van der Waals surface area contributed by atoms with E-state index in [9.17, 15) is 14.7 Å². The number of carboxylic acid groups (broad SMARTS) is 1. The maximum absolute atomic E-state index is 13.4. The van der Waals surface area contributed by atoms with Gasteiger partial charge in [0.1, 0.15) is 0 Å². The van der Waals surface area contributed by atoms with E-state index in [0.717, 1.165) is 37.2 Å². The third kappa shape index (κ3) is 4.65. The van der Waals surface area contributed by atoms with Gasteiger partial charge in [0.05, 0.1) is 6.04 Å². The summed E-state index contributed by atoms with van der Waals surface area (Å²) in [5.41, 5.74) is 1.92. The summed E-state index contributed by atoms with van der Waals surface area (Å²) in [6.07, 6.45) is 2.24. The molecule has 3 heterocycles. The average Bonchev–Trinajstić information content (AvgIpc) is 3.24. The second kappa shape index (κ2) is 9.32. The van der Waals surface area contributed by atoms with Gasteiger partial charge in [-0.25, -0.2) is 14.8 Å². The molecule has 2 aliphatic rings. The number of likely N-dealkylation sites (N-methyl/N-ethyl adjacent to an activating group) is 1. The van der Waals surface area contributed by atoms with Crippen molar-refractivity contribution in [3.05, 3.63) is 52.8 Å². The van der Waals surface area contributed by atoms with Gasteiger partial charge in [-0.3, -0.25) is 4.79 Å². The lowest BCUT2D eigenvalue weighted by Crippen LogP contribution is -2.44. The minimum Gasteiger partial charge on any atom is -0.465 e. The molecule has 0 aliphatic carbocycles. The first-order chi connectivity index (χ1) is 15.3. The molecule has 4 rings (SSSR count). The number of rotatable bonds is 4. The van der Waals surface area contributed by atoms with Crippen LogP contribution in [0, 0.1) is 12.8 Å². The molecule has 2 saturated heterocycles. The number of anilines is 1. The summed E-state index contributed by atoms with van der Waals surface area (Å²) < 4.78 is 0. The molecular weight excluding hydrogens is 430 g/mol. The predicted molar refractivity (Wildman–Crippen MR) is 122 cm³/mol. The molecule has 1 N–H and O–H groups in total. The van der Waals surface area contributed by atoms with E-state index in [1.807, 2.05) is 42.2 Å². The van der Waals surface area contributed by atoms with Gasteiger partial charge in [-0.1, -0.05) is 23.7 Å². The molecule has 1 aromatic heterocycles. The van der Waals surface area contributed by atoms with Crippen molar-refractivity contribution in [1.29, 1.82) is 0 Å². The molecule has 2 amide bonds. The Kier molecular flexibility index (Phi) is 6.50. The van der Waals surface area contributed by atoms with Crippen LogP contribution in [-0.2, 0) is 4.79 Å². The van der Waals surface area contributed by atoms with Gasteiger partial charge >= 0.3 is 6.09 Å². The molecular formula is C23H28ClN5O3. The van der Waals surface area contributed by atoms with Gasteiger partial charge in [-0.15, -0.1) is 0 Å². The summed E-state index contributed by atoms with van der Waals surface area (Å²) in [4.78, 5) is 39.2. The van der Waals surface area contributed by atoms with Crippen molar-refractivity contribution in [3.8, 4) is 0 Å². The van der Waals surface area contributed by atoms with Crippen LogP contribution in [0.25, 0.3) is 0 Å². The third-order valence-corrected chi connectivity index (χ3v) is 6.86. The van der Waals surface area contributed by atoms with Crippen LogP contribution in [0.2, 0.25) is 5.02 Å². The van der Waals surface area contributed by atoms with Gasteiger partial charge in [0.25, 0.3) is 0 Å². The van der Waals surface area contributed by atoms with Crippen LogP contribution in [0.5, 0.6) is 0 Å². The number of carbonyl (C=O) groups excluding carboxylic acids is 1. The van der Waals surface area contributed by atoms with Gasteiger partial charge in [0.15, 0.2) is 0 Å². The van der Waals surface area contributed by atoms with Crippen LogP contribution >= 0.6 is 11.6 Å². The molecule has 0 radical (unpaired) electrons.